The SMILES string of the molecule is Cc1cnn(C[C@H]2CC[C@H](n3ccc(=O)c4cnc5c(ccn5CO)c43)CC2)c1. The van der Waals surface area contributed by atoms with E-state index in [0.717, 1.165) is 43.1 Å². The molecule has 7 heteroatoms. The van der Waals surface area contributed by atoms with E-state index >= 15 is 0 Å². The van der Waals surface area contributed by atoms with E-state index < -0.39 is 0 Å². The predicted molar refractivity (Wildman–Crippen MR) is 112 cm³/mol. The van der Waals surface area contributed by atoms with E-state index in [1.54, 1.807) is 16.8 Å². The molecule has 0 aliphatic heterocycles. The smallest absolute Gasteiger partial charge is 0.190 e. The highest BCUT2D eigenvalue weighted by molar-refractivity contribution is 6.02. The Labute approximate surface area is 168 Å². The molecule has 1 aliphatic rings. The van der Waals surface area contributed by atoms with Gasteiger partial charge in [-0.25, -0.2) is 4.98 Å². The predicted octanol–water partition coefficient (Wildman–Crippen LogP) is 3.24. The van der Waals surface area contributed by atoms with Crippen molar-refractivity contribution in [2.45, 2.75) is 51.9 Å². The zero-order valence-electron chi connectivity index (χ0n) is 16.5. The van der Waals surface area contributed by atoms with Crippen LogP contribution in [0.1, 0.15) is 37.3 Å². The van der Waals surface area contributed by atoms with Crippen LogP contribution in [0.5, 0.6) is 0 Å². The molecule has 1 fully saturated rings. The van der Waals surface area contributed by atoms with Crippen LogP contribution >= 0.6 is 0 Å². The summed E-state index contributed by atoms with van der Waals surface area (Å²) < 4.78 is 6.01. The number of nitrogens with zero attached hydrogens (tertiary/aromatic N) is 5. The molecule has 0 aromatic carbocycles. The number of hydrogen-bond acceptors (Lipinski definition) is 4. The highest BCUT2D eigenvalue weighted by Crippen LogP contribution is 2.35. The number of aliphatic hydroxyl groups is 1. The fourth-order valence-electron chi connectivity index (χ4n) is 4.75. The van der Waals surface area contributed by atoms with Gasteiger partial charge in [-0.15, -0.1) is 0 Å². The first-order valence-corrected chi connectivity index (χ1v) is 10.2. The topological polar surface area (TPSA) is 77.9 Å². The van der Waals surface area contributed by atoms with E-state index in [-0.39, 0.29) is 12.2 Å². The van der Waals surface area contributed by atoms with Gasteiger partial charge in [0.25, 0.3) is 0 Å². The van der Waals surface area contributed by atoms with Gasteiger partial charge in [0.05, 0.1) is 17.1 Å². The van der Waals surface area contributed by atoms with Crippen molar-refractivity contribution in [2.75, 3.05) is 0 Å². The summed E-state index contributed by atoms with van der Waals surface area (Å²) in [5.41, 5.74) is 2.83. The molecule has 1 aliphatic carbocycles. The summed E-state index contributed by atoms with van der Waals surface area (Å²) >= 11 is 0. The molecule has 0 atom stereocenters. The molecule has 29 heavy (non-hydrogen) atoms. The van der Waals surface area contributed by atoms with Gasteiger partial charge in [-0.1, -0.05) is 0 Å². The Hall–Kier alpha value is -2.93. The lowest BCUT2D eigenvalue weighted by molar-refractivity contribution is 0.215. The summed E-state index contributed by atoms with van der Waals surface area (Å²) in [5, 5.41) is 15.6. The van der Waals surface area contributed by atoms with E-state index in [9.17, 15) is 9.90 Å². The number of aliphatic hydroxyl groups excluding tert-OH is 1. The Kier molecular flexibility index (Phi) is 4.47. The van der Waals surface area contributed by atoms with Crippen LogP contribution in [0.4, 0.5) is 0 Å². The van der Waals surface area contributed by atoms with Crippen molar-refractivity contribution >= 4 is 21.9 Å². The molecule has 0 bridgehead atoms. The fourth-order valence-corrected chi connectivity index (χ4v) is 4.75. The first-order chi connectivity index (χ1) is 14.1. The largest absolute Gasteiger partial charge is 0.376 e. The Morgan fingerprint density at radius 2 is 1.93 bits per heavy atom. The normalized spacial score (nSPS) is 19.9. The average Bonchev–Trinajstić information content (AvgIpc) is 3.34. The number of pyridine rings is 2. The van der Waals surface area contributed by atoms with Gasteiger partial charge in [-0.3, -0.25) is 9.48 Å². The first kappa shape index (κ1) is 18.1. The maximum absolute atomic E-state index is 12.5. The van der Waals surface area contributed by atoms with Crippen molar-refractivity contribution in [3.63, 3.8) is 0 Å². The number of aryl methyl sites for hydroxylation is 1. The first-order valence-electron chi connectivity index (χ1n) is 10.2. The number of fused-ring (bicyclic) bond motifs is 3. The number of rotatable bonds is 4. The molecule has 4 heterocycles. The van der Waals surface area contributed by atoms with Gasteiger partial charge >= 0.3 is 0 Å². The molecule has 0 saturated heterocycles. The molecule has 0 amide bonds. The van der Waals surface area contributed by atoms with Gasteiger partial charge in [0.15, 0.2) is 5.43 Å². The maximum atomic E-state index is 12.5. The molecule has 150 valence electrons. The van der Waals surface area contributed by atoms with Gasteiger partial charge in [-0.2, -0.15) is 5.10 Å². The molecule has 0 spiro atoms. The Morgan fingerprint density at radius 1 is 1.10 bits per heavy atom. The second-order valence-electron chi connectivity index (χ2n) is 8.19. The van der Waals surface area contributed by atoms with Crippen molar-refractivity contribution in [1.29, 1.82) is 0 Å². The van der Waals surface area contributed by atoms with E-state index in [4.69, 9.17) is 0 Å². The van der Waals surface area contributed by atoms with Crippen LogP contribution in [0, 0.1) is 12.8 Å². The minimum Gasteiger partial charge on any atom is -0.376 e. The molecular weight excluding hydrogens is 366 g/mol. The number of aromatic nitrogens is 5. The van der Waals surface area contributed by atoms with Crippen molar-refractivity contribution in [2.24, 2.45) is 5.92 Å². The van der Waals surface area contributed by atoms with Gasteiger partial charge in [0.1, 0.15) is 12.4 Å². The van der Waals surface area contributed by atoms with Gasteiger partial charge in [0.2, 0.25) is 0 Å². The van der Waals surface area contributed by atoms with Gasteiger partial charge < -0.3 is 14.2 Å². The molecule has 0 unspecified atom stereocenters. The second kappa shape index (κ2) is 7.15. The lowest BCUT2D eigenvalue weighted by Crippen LogP contribution is -2.23. The van der Waals surface area contributed by atoms with Crippen molar-refractivity contribution in [3.8, 4) is 0 Å². The monoisotopic (exact) mass is 391 g/mol. The van der Waals surface area contributed by atoms with Crippen molar-refractivity contribution < 1.29 is 5.11 Å². The number of hydrogen-bond donors (Lipinski definition) is 1. The summed E-state index contributed by atoms with van der Waals surface area (Å²) in [6.07, 6.45) is 13.9. The maximum Gasteiger partial charge on any atom is 0.190 e. The lowest BCUT2D eigenvalue weighted by atomic mass is 9.85. The minimum atomic E-state index is -0.128. The summed E-state index contributed by atoms with van der Waals surface area (Å²) in [4.78, 5) is 16.9. The van der Waals surface area contributed by atoms with E-state index in [2.05, 4.69) is 32.5 Å². The lowest BCUT2D eigenvalue weighted by Gasteiger charge is -2.31. The summed E-state index contributed by atoms with van der Waals surface area (Å²) in [7, 11) is 0. The zero-order chi connectivity index (χ0) is 20.0. The average molecular weight is 391 g/mol. The Bertz CT molecular complexity index is 1230. The zero-order valence-corrected chi connectivity index (χ0v) is 16.5. The molecule has 7 nitrogen and oxygen atoms in total. The van der Waals surface area contributed by atoms with E-state index in [0.29, 0.717) is 23.0 Å². The Balaban J connectivity index is 1.47. The van der Waals surface area contributed by atoms with Gasteiger partial charge in [0, 0.05) is 48.8 Å². The molecular formula is C22H25N5O2. The molecule has 4 aromatic heterocycles. The summed E-state index contributed by atoms with van der Waals surface area (Å²) in [5.74, 6) is 0.633. The molecule has 1 saturated carbocycles. The summed E-state index contributed by atoms with van der Waals surface area (Å²) in [6.45, 7) is 2.91. The van der Waals surface area contributed by atoms with Crippen molar-refractivity contribution in [3.05, 3.63) is 58.9 Å². The van der Waals surface area contributed by atoms with Crippen LogP contribution in [-0.4, -0.2) is 29.0 Å². The third kappa shape index (κ3) is 3.15. The third-order valence-electron chi connectivity index (χ3n) is 6.24. The molecule has 0 radical (unpaired) electrons. The van der Waals surface area contributed by atoms with Crippen LogP contribution in [0.2, 0.25) is 0 Å². The highest BCUT2D eigenvalue weighted by Gasteiger charge is 2.24. The minimum absolute atomic E-state index is 0.00913. The second-order valence-corrected chi connectivity index (χ2v) is 8.19. The molecule has 4 aromatic rings. The van der Waals surface area contributed by atoms with Crippen LogP contribution in [-0.2, 0) is 13.3 Å². The molecule has 1 N–H and O–H groups in total. The van der Waals surface area contributed by atoms with E-state index in [1.165, 1.54) is 5.56 Å². The van der Waals surface area contributed by atoms with Crippen LogP contribution in [0.3, 0.4) is 0 Å². The Morgan fingerprint density at radius 3 is 2.66 bits per heavy atom. The van der Waals surface area contributed by atoms with Gasteiger partial charge in [-0.05, 0) is 50.2 Å². The molecule has 5 rings (SSSR count). The third-order valence-corrected chi connectivity index (χ3v) is 6.24. The van der Waals surface area contributed by atoms with Crippen molar-refractivity contribution in [1.82, 2.24) is 23.9 Å². The van der Waals surface area contributed by atoms with E-state index in [1.807, 2.05) is 24.7 Å². The standard InChI is InChI=1S/C22H25N5O2/c1-15-10-24-26(12-15)13-16-2-4-17(5-3-16)27-9-7-20(29)19-11-23-22-18(21(19)27)6-8-25(22)14-28/h6-12,16-17,28H,2-5,13-14H2,1H3/t16-,17-. The summed E-state index contributed by atoms with van der Waals surface area (Å²) in [6, 6.07) is 3.96. The fraction of sp³-hybridized carbons (Fsp3) is 0.409. The highest BCUT2D eigenvalue weighted by atomic mass is 16.3. The van der Waals surface area contributed by atoms with Crippen LogP contribution in [0.25, 0.3) is 21.9 Å². The van der Waals surface area contributed by atoms with Crippen LogP contribution in [0.15, 0.2) is 47.9 Å². The van der Waals surface area contributed by atoms with Crippen LogP contribution < -0.4 is 5.43 Å². The quantitative estimate of drug-likeness (QED) is 0.579.